The van der Waals surface area contributed by atoms with E-state index in [-0.39, 0.29) is 32.0 Å². The van der Waals surface area contributed by atoms with Crippen molar-refractivity contribution in [2.45, 2.75) is 341 Å². The Hall–Kier alpha value is -3.07. The van der Waals surface area contributed by atoms with Crippen LogP contribution in [0.15, 0.2) is 97.2 Å². The largest absolute Gasteiger partial charge is 0.756 e. The molecule has 0 aromatic rings. The molecule has 0 amide bonds. The average Bonchev–Trinajstić information content (AvgIpc) is 3.57. The van der Waals surface area contributed by atoms with Crippen LogP contribution in [0.4, 0.5) is 0 Å². The fraction of sp³-hybridized carbons (Fsp3) is 0.769. The Morgan fingerprint density at radius 1 is 0.364 bits per heavy atom. The molecule has 0 aliphatic carbocycles. The summed E-state index contributed by atoms with van der Waals surface area (Å²) < 4.78 is 34.4. The van der Waals surface area contributed by atoms with Gasteiger partial charge in [-0.15, -0.1) is 0 Å². The summed E-state index contributed by atoms with van der Waals surface area (Å²) in [5.41, 5.74) is 0. The van der Waals surface area contributed by atoms with E-state index in [9.17, 15) is 19.0 Å². The van der Waals surface area contributed by atoms with Crippen LogP contribution >= 0.6 is 7.82 Å². The van der Waals surface area contributed by atoms with Crippen LogP contribution in [0.3, 0.4) is 0 Å². The van der Waals surface area contributed by atoms with Gasteiger partial charge in [0, 0.05) is 12.8 Å². The number of likely N-dealkylation sites (N-methyl/N-ethyl adjacent to an activating group) is 1. The van der Waals surface area contributed by atoms with E-state index in [4.69, 9.17) is 18.5 Å². The van der Waals surface area contributed by atoms with Gasteiger partial charge in [0.2, 0.25) is 0 Å². The lowest BCUT2D eigenvalue weighted by atomic mass is 10.0. The van der Waals surface area contributed by atoms with E-state index < -0.39 is 26.5 Å². The molecule has 9 nitrogen and oxygen atoms in total. The van der Waals surface area contributed by atoms with Crippen LogP contribution < -0.4 is 4.89 Å². The smallest absolute Gasteiger partial charge is 0.306 e. The van der Waals surface area contributed by atoms with E-state index in [1.165, 1.54) is 218 Å². The minimum Gasteiger partial charge on any atom is -0.756 e. The van der Waals surface area contributed by atoms with Crippen LogP contribution in [-0.4, -0.2) is 70.0 Å². The second-order valence-corrected chi connectivity index (χ2v) is 27.3. The number of phosphoric ester groups is 1. The first-order valence-electron chi connectivity index (χ1n) is 36.9. The SMILES string of the molecule is CC/C=C\C/C=C\C/C=C\C/C=C\C/C=C\C/C=C\CCCCCCCCCCCCCCCCCCC(=O)OC(COC(=O)CCCCCCCCCCCCCCCCCCC/C=C\C/C=C\CCCCCCC)COP(=O)([O-])OCC[N+](C)(C)C. The number of carbonyl (C=O) groups excluding carboxylic acids is 2. The molecule has 2 unspecified atom stereocenters. The number of allylic oxidation sites excluding steroid dienone is 16. The lowest BCUT2D eigenvalue weighted by Gasteiger charge is -2.28. The molecule has 0 aliphatic rings. The highest BCUT2D eigenvalue weighted by molar-refractivity contribution is 7.45. The highest BCUT2D eigenvalue weighted by atomic mass is 31.2. The summed E-state index contributed by atoms with van der Waals surface area (Å²) in [4.78, 5) is 38.1. The molecule has 0 N–H and O–H groups in total. The molecular formula is C78H140NO8P. The van der Waals surface area contributed by atoms with Crippen molar-refractivity contribution in [3.05, 3.63) is 97.2 Å². The quantitative estimate of drug-likeness (QED) is 0.0195. The zero-order valence-corrected chi connectivity index (χ0v) is 59.1. The van der Waals surface area contributed by atoms with Crippen LogP contribution in [-0.2, 0) is 32.7 Å². The third kappa shape index (κ3) is 72.0. The number of unbranched alkanes of at least 4 members (excludes halogenated alkanes) is 38. The maximum Gasteiger partial charge on any atom is 0.306 e. The summed E-state index contributed by atoms with van der Waals surface area (Å²) in [7, 11) is 1.17. The van der Waals surface area contributed by atoms with Crippen LogP contribution in [0.25, 0.3) is 0 Å². The summed E-state index contributed by atoms with van der Waals surface area (Å²) in [6, 6.07) is 0. The molecule has 0 heterocycles. The van der Waals surface area contributed by atoms with E-state index in [0.29, 0.717) is 17.4 Å². The number of rotatable bonds is 68. The van der Waals surface area contributed by atoms with Crippen molar-refractivity contribution in [1.29, 1.82) is 0 Å². The number of phosphoric acid groups is 1. The summed E-state index contributed by atoms with van der Waals surface area (Å²) in [5.74, 6) is -0.821. The molecule has 0 aromatic heterocycles. The van der Waals surface area contributed by atoms with Crippen molar-refractivity contribution in [3.8, 4) is 0 Å². The lowest BCUT2D eigenvalue weighted by molar-refractivity contribution is -0.870. The van der Waals surface area contributed by atoms with Crippen molar-refractivity contribution >= 4 is 19.8 Å². The third-order valence-corrected chi connectivity index (χ3v) is 17.1. The minimum atomic E-state index is -4.65. The van der Waals surface area contributed by atoms with Gasteiger partial charge < -0.3 is 27.9 Å². The Bertz CT molecular complexity index is 1810. The number of carbonyl (C=O) groups is 2. The van der Waals surface area contributed by atoms with E-state index >= 15 is 0 Å². The highest BCUT2D eigenvalue weighted by Crippen LogP contribution is 2.38. The maximum absolute atomic E-state index is 12.9. The highest BCUT2D eigenvalue weighted by Gasteiger charge is 2.22. The Morgan fingerprint density at radius 3 is 0.966 bits per heavy atom. The molecule has 88 heavy (non-hydrogen) atoms. The van der Waals surface area contributed by atoms with Gasteiger partial charge in [0.15, 0.2) is 6.10 Å². The molecule has 0 aromatic carbocycles. The zero-order valence-electron chi connectivity index (χ0n) is 58.2. The van der Waals surface area contributed by atoms with Gasteiger partial charge in [0.1, 0.15) is 19.8 Å². The van der Waals surface area contributed by atoms with Gasteiger partial charge in [-0.3, -0.25) is 14.2 Å². The van der Waals surface area contributed by atoms with Gasteiger partial charge in [-0.1, -0.05) is 323 Å². The Labute approximate surface area is 544 Å². The predicted molar refractivity (Wildman–Crippen MR) is 379 cm³/mol. The van der Waals surface area contributed by atoms with E-state index in [2.05, 4.69) is 111 Å². The topological polar surface area (TPSA) is 111 Å². The fourth-order valence-electron chi connectivity index (χ4n) is 10.5. The predicted octanol–water partition coefficient (Wildman–Crippen LogP) is 23.6. The van der Waals surface area contributed by atoms with Gasteiger partial charge >= 0.3 is 11.9 Å². The molecule has 510 valence electrons. The average molecular weight is 1250 g/mol. The first-order chi connectivity index (χ1) is 43.0. The third-order valence-electron chi connectivity index (χ3n) is 16.1. The Balaban J connectivity index is 4.00. The normalized spacial score (nSPS) is 13.7. The monoisotopic (exact) mass is 1250 g/mol. The van der Waals surface area contributed by atoms with Crippen molar-refractivity contribution in [1.82, 2.24) is 0 Å². The first kappa shape index (κ1) is 84.9. The summed E-state index contributed by atoms with van der Waals surface area (Å²) in [6.45, 7) is 4.16. The number of nitrogens with zero attached hydrogens (tertiary/aromatic N) is 1. The second-order valence-electron chi connectivity index (χ2n) is 25.9. The number of hydrogen-bond donors (Lipinski definition) is 0. The van der Waals surface area contributed by atoms with Crippen LogP contribution in [0.2, 0.25) is 0 Å². The molecule has 0 radical (unpaired) electrons. The van der Waals surface area contributed by atoms with Crippen LogP contribution in [0, 0.1) is 0 Å². The number of ether oxygens (including phenoxy) is 2. The van der Waals surface area contributed by atoms with Crippen molar-refractivity contribution in [2.75, 3.05) is 47.5 Å². The van der Waals surface area contributed by atoms with Crippen molar-refractivity contribution < 1.29 is 42.1 Å². The van der Waals surface area contributed by atoms with Gasteiger partial charge in [-0.2, -0.15) is 0 Å². The summed E-state index contributed by atoms with van der Waals surface area (Å²) in [6.07, 6.45) is 95.0. The lowest BCUT2D eigenvalue weighted by Crippen LogP contribution is -2.37. The molecule has 0 spiro atoms. The van der Waals surface area contributed by atoms with Crippen molar-refractivity contribution in [3.63, 3.8) is 0 Å². The molecule has 0 aliphatic heterocycles. The van der Waals surface area contributed by atoms with Gasteiger partial charge in [-0.05, 0) is 96.3 Å². The Morgan fingerprint density at radius 2 is 0.648 bits per heavy atom. The number of hydrogen-bond acceptors (Lipinski definition) is 8. The van der Waals surface area contributed by atoms with Gasteiger partial charge in [0.25, 0.3) is 7.82 Å². The zero-order chi connectivity index (χ0) is 64.1. The van der Waals surface area contributed by atoms with E-state index in [0.717, 1.165) is 83.5 Å². The molecule has 0 fully saturated rings. The van der Waals surface area contributed by atoms with E-state index in [1.54, 1.807) is 0 Å². The Kier molecular flexibility index (Phi) is 65.9. The van der Waals surface area contributed by atoms with E-state index in [1.807, 2.05) is 21.1 Å². The first-order valence-corrected chi connectivity index (χ1v) is 38.4. The molecule has 0 saturated heterocycles. The fourth-order valence-corrected chi connectivity index (χ4v) is 11.2. The van der Waals surface area contributed by atoms with Gasteiger partial charge in [-0.25, -0.2) is 0 Å². The number of esters is 2. The van der Waals surface area contributed by atoms with Gasteiger partial charge in [0.05, 0.1) is 27.7 Å². The molecule has 10 heteroatoms. The molecule has 0 bridgehead atoms. The molecule has 0 saturated carbocycles. The summed E-state index contributed by atoms with van der Waals surface area (Å²) in [5, 5.41) is 0. The van der Waals surface area contributed by atoms with Crippen LogP contribution in [0.5, 0.6) is 0 Å². The summed E-state index contributed by atoms with van der Waals surface area (Å²) >= 11 is 0. The number of quaternary nitrogens is 1. The standard InChI is InChI=1S/C78H140NO8P/c1-6-8-10-12-14-16-18-20-22-24-26-28-30-32-34-36-37-38-39-40-41-43-45-47-49-51-53-55-57-59-61-63-65-67-69-71-78(81)87-76(75-86-88(82,83)85-73-72-79(3,4)5)74-84-77(80)70-68-66-64-62-60-58-56-54-52-50-48-46-44-42-35-33-31-29-27-25-23-21-19-17-15-13-11-9-7-2/h8,10,14,16,19-22,25-28,32,34,37-38,76H,6-7,9,11-13,15,17-18,23-24,29-31,33,35-36,39-75H2,1-5H3/b10-8-,16-14-,21-19-,22-20-,27-25-,28-26-,34-32-,38-37-. The maximum atomic E-state index is 12.9. The molecule has 2 atom stereocenters. The van der Waals surface area contributed by atoms with Crippen molar-refractivity contribution in [2.24, 2.45) is 0 Å². The minimum absolute atomic E-state index is 0.0320. The molecular weight excluding hydrogens is 1110 g/mol. The second kappa shape index (κ2) is 68.3. The molecule has 0 rings (SSSR count). The van der Waals surface area contributed by atoms with Crippen LogP contribution in [0.1, 0.15) is 335 Å².